The fraction of sp³-hybridized carbons (Fsp3) is 0.500. The molecule has 0 aromatic heterocycles. The number of anilines is 1. The molecular formula is C16H22N2O4. The molecule has 0 heterocycles. The lowest BCUT2D eigenvalue weighted by Gasteiger charge is -2.43. The van der Waals surface area contributed by atoms with Crippen molar-refractivity contribution in [2.24, 2.45) is 5.73 Å². The Hall–Kier alpha value is -2.08. The fourth-order valence-corrected chi connectivity index (χ4v) is 2.66. The van der Waals surface area contributed by atoms with Crippen LogP contribution in [0.1, 0.15) is 39.2 Å². The van der Waals surface area contributed by atoms with Gasteiger partial charge in [-0.15, -0.1) is 0 Å². The van der Waals surface area contributed by atoms with Crippen LogP contribution in [0, 0.1) is 0 Å². The van der Waals surface area contributed by atoms with E-state index in [2.05, 4.69) is 5.32 Å². The minimum Gasteiger partial charge on any atom is -0.481 e. The second kappa shape index (κ2) is 5.61. The number of carboxylic acids is 1. The van der Waals surface area contributed by atoms with Gasteiger partial charge in [-0.25, -0.2) is 4.79 Å². The highest BCUT2D eigenvalue weighted by atomic mass is 16.6. The SMILES string of the molecule is CC(C)(C)OC(=O)Nc1ccc(C2(C(=O)O)CC(N)C2)cc1. The summed E-state index contributed by atoms with van der Waals surface area (Å²) >= 11 is 0. The maximum Gasteiger partial charge on any atom is 0.412 e. The monoisotopic (exact) mass is 306 g/mol. The molecular weight excluding hydrogens is 284 g/mol. The third kappa shape index (κ3) is 3.39. The second-order valence-corrected chi connectivity index (χ2v) is 6.76. The van der Waals surface area contributed by atoms with Gasteiger partial charge in [0.05, 0.1) is 5.41 Å². The molecule has 0 spiro atoms. The quantitative estimate of drug-likeness (QED) is 0.796. The van der Waals surface area contributed by atoms with E-state index in [9.17, 15) is 14.7 Å². The van der Waals surface area contributed by atoms with Crippen molar-refractivity contribution in [2.75, 3.05) is 5.32 Å². The molecule has 0 bridgehead atoms. The van der Waals surface area contributed by atoms with E-state index in [1.54, 1.807) is 45.0 Å². The Morgan fingerprint density at radius 3 is 2.23 bits per heavy atom. The first-order valence-corrected chi connectivity index (χ1v) is 7.22. The normalized spacial score (nSPS) is 24.3. The largest absolute Gasteiger partial charge is 0.481 e. The summed E-state index contributed by atoms with van der Waals surface area (Å²) in [5, 5.41) is 12.1. The number of nitrogens with one attached hydrogen (secondary N) is 1. The molecule has 0 saturated heterocycles. The summed E-state index contributed by atoms with van der Waals surface area (Å²) in [4.78, 5) is 23.2. The first kappa shape index (κ1) is 16.3. The van der Waals surface area contributed by atoms with Gasteiger partial charge in [-0.2, -0.15) is 0 Å². The topological polar surface area (TPSA) is 102 Å². The highest BCUT2D eigenvalue weighted by Crippen LogP contribution is 2.43. The average Bonchev–Trinajstić information content (AvgIpc) is 2.33. The van der Waals surface area contributed by atoms with Gasteiger partial charge in [-0.1, -0.05) is 12.1 Å². The zero-order valence-electron chi connectivity index (χ0n) is 13.1. The first-order chi connectivity index (χ1) is 10.1. The van der Waals surface area contributed by atoms with Crippen molar-refractivity contribution in [3.63, 3.8) is 0 Å². The number of rotatable bonds is 3. The molecule has 6 nitrogen and oxygen atoms in total. The van der Waals surface area contributed by atoms with Crippen molar-refractivity contribution in [1.29, 1.82) is 0 Å². The zero-order chi connectivity index (χ0) is 16.5. The van der Waals surface area contributed by atoms with Crippen molar-refractivity contribution < 1.29 is 19.4 Å². The first-order valence-electron chi connectivity index (χ1n) is 7.22. The number of carbonyl (C=O) groups excluding carboxylic acids is 1. The number of benzene rings is 1. The summed E-state index contributed by atoms with van der Waals surface area (Å²) in [5.41, 5.74) is 5.54. The molecule has 1 saturated carbocycles. The van der Waals surface area contributed by atoms with E-state index >= 15 is 0 Å². The molecule has 4 N–H and O–H groups in total. The molecule has 1 amide bonds. The second-order valence-electron chi connectivity index (χ2n) is 6.76. The lowest BCUT2D eigenvalue weighted by atomic mass is 9.62. The molecule has 0 unspecified atom stereocenters. The van der Waals surface area contributed by atoms with E-state index in [0.29, 0.717) is 24.1 Å². The number of hydrogen-bond donors (Lipinski definition) is 3. The molecule has 0 aliphatic heterocycles. The molecule has 22 heavy (non-hydrogen) atoms. The summed E-state index contributed by atoms with van der Waals surface area (Å²) < 4.78 is 5.16. The number of ether oxygens (including phenoxy) is 1. The molecule has 1 aliphatic rings. The summed E-state index contributed by atoms with van der Waals surface area (Å²) in [5.74, 6) is -0.859. The molecule has 1 fully saturated rings. The van der Waals surface area contributed by atoms with E-state index in [1.807, 2.05) is 0 Å². The average molecular weight is 306 g/mol. The number of amides is 1. The summed E-state index contributed by atoms with van der Waals surface area (Å²) in [7, 11) is 0. The van der Waals surface area contributed by atoms with Gasteiger partial charge >= 0.3 is 12.1 Å². The van der Waals surface area contributed by atoms with Crippen LogP contribution in [-0.2, 0) is 14.9 Å². The van der Waals surface area contributed by atoms with Gasteiger partial charge < -0.3 is 15.6 Å². The van der Waals surface area contributed by atoms with Crippen LogP contribution >= 0.6 is 0 Å². The van der Waals surface area contributed by atoms with Crippen LogP contribution in [0.5, 0.6) is 0 Å². The van der Waals surface area contributed by atoms with E-state index in [1.165, 1.54) is 0 Å². The van der Waals surface area contributed by atoms with E-state index < -0.39 is 23.1 Å². The molecule has 0 atom stereocenters. The summed E-state index contributed by atoms with van der Waals surface area (Å²) in [6, 6.07) is 6.71. The van der Waals surface area contributed by atoms with Crippen LogP contribution in [0.4, 0.5) is 10.5 Å². The Bertz CT molecular complexity index is 569. The highest BCUT2D eigenvalue weighted by molar-refractivity contribution is 5.86. The fourth-order valence-electron chi connectivity index (χ4n) is 2.66. The van der Waals surface area contributed by atoms with Crippen LogP contribution in [0.25, 0.3) is 0 Å². The lowest BCUT2D eigenvalue weighted by Crippen LogP contribution is -2.54. The molecule has 1 aromatic carbocycles. The zero-order valence-corrected chi connectivity index (χ0v) is 13.1. The minimum absolute atomic E-state index is 0.0735. The van der Waals surface area contributed by atoms with Gasteiger partial charge in [-0.05, 0) is 51.3 Å². The standard InChI is InChI=1S/C16H22N2O4/c1-15(2,3)22-14(21)18-12-6-4-10(5-7-12)16(13(19)20)8-11(17)9-16/h4-7,11H,8-9,17H2,1-3H3,(H,18,21)(H,19,20). The maximum absolute atomic E-state index is 11.7. The predicted molar refractivity (Wildman–Crippen MR) is 82.8 cm³/mol. The van der Waals surface area contributed by atoms with E-state index in [0.717, 1.165) is 0 Å². The predicted octanol–water partition coefficient (Wildman–Crippen LogP) is 2.48. The summed E-state index contributed by atoms with van der Waals surface area (Å²) in [6.07, 6.45) is 0.321. The summed E-state index contributed by atoms with van der Waals surface area (Å²) in [6.45, 7) is 5.35. The van der Waals surface area contributed by atoms with Crippen molar-refractivity contribution >= 4 is 17.7 Å². The molecule has 120 valence electrons. The Balaban J connectivity index is 2.08. The molecule has 0 radical (unpaired) electrons. The van der Waals surface area contributed by atoms with Gasteiger partial charge in [0.1, 0.15) is 5.60 Å². The van der Waals surface area contributed by atoms with E-state index in [4.69, 9.17) is 10.5 Å². The number of carboxylic acid groups (broad SMARTS) is 1. The highest BCUT2D eigenvalue weighted by Gasteiger charge is 2.50. The Kier molecular flexibility index (Phi) is 4.15. The van der Waals surface area contributed by atoms with Crippen molar-refractivity contribution in [2.45, 2.75) is 50.7 Å². The molecule has 1 aromatic rings. The van der Waals surface area contributed by atoms with Crippen molar-refractivity contribution in [1.82, 2.24) is 0 Å². The van der Waals surface area contributed by atoms with Crippen molar-refractivity contribution in [3.8, 4) is 0 Å². The van der Waals surface area contributed by atoms with Gasteiger partial charge in [0.2, 0.25) is 0 Å². The number of nitrogens with two attached hydrogens (primary N) is 1. The van der Waals surface area contributed by atoms with Gasteiger partial charge in [0.25, 0.3) is 0 Å². The van der Waals surface area contributed by atoms with Gasteiger partial charge in [0, 0.05) is 11.7 Å². The minimum atomic E-state index is -0.899. The lowest BCUT2D eigenvalue weighted by molar-refractivity contribution is -0.148. The van der Waals surface area contributed by atoms with Gasteiger partial charge in [-0.3, -0.25) is 10.1 Å². The maximum atomic E-state index is 11.7. The van der Waals surface area contributed by atoms with Crippen LogP contribution in [0.15, 0.2) is 24.3 Å². The number of aliphatic carboxylic acids is 1. The third-order valence-corrected chi connectivity index (χ3v) is 3.71. The Morgan fingerprint density at radius 2 is 1.82 bits per heavy atom. The number of carbonyl (C=O) groups is 2. The molecule has 2 rings (SSSR count). The van der Waals surface area contributed by atoms with Crippen molar-refractivity contribution in [3.05, 3.63) is 29.8 Å². The van der Waals surface area contributed by atoms with Crippen LogP contribution in [-0.4, -0.2) is 28.8 Å². The van der Waals surface area contributed by atoms with Crippen LogP contribution < -0.4 is 11.1 Å². The van der Waals surface area contributed by atoms with Crippen LogP contribution in [0.3, 0.4) is 0 Å². The van der Waals surface area contributed by atoms with Gasteiger partial charge in [0.15, 0.2) is 0 Å². The molecule has 1 aliphatic carbocycles. The van der Waals surface area contributed by atoms with E-state index in [-0.39, 0.29) is 6.04 Å². The third-order valence-electron chi connectivity index (χ3n) is 3.71. The molecule has 6 heteroatoms. The number of hydrogen-bond acceptors (Lipinski definition) is 4. The smallest absolute Gasteiger partial charge is 0.412 e. The Morgan fingerprint density at radius 1 is 1.27 bits per heavy atom. The van der Waals surface area contributed by atoms with Crippen LogP contribution in [0.2, 0.25) is 0 Å². The Labute approximate surface area is 129 Å².